The molecule has 2 aromatic carbocycles. The van der Waals surface area contributed by atoms with Gasteiger partial charge in [0.1, 0.15) is 0 Å². The van der Waals surface area contributed by atoms with Gasteiger partial charge in [0, 0.05) is 87.0 Å². The van der Waals surface area contributed by atoms with Gasteiger partial charge >= 0.3 is 5.69 Å². The van der Waals surface area contributed by atoms with Gasteiger partial charge in [0.05, 0.1) is 28.5 Å². The number of hydrogen-bond acceptors (Lipinski definition) is 8. The molecule has 4 atom stereocenters. The molecule has 3 aliphatic rings. The van der Waals surface area contributed by atoms with E-state index < -0.39 is 5.91 Å². The van der Waals surface area contributed by atoms with Gasteiger partial charge in [0.25, 0.3) is 0 Å². The molecular formula is C61H84N8O2S. The molecular weight excluding hydrogens is 909 g/mol. The summed E-state index contributed by atoms with van der Waals surface area (Å²) in [7, 11) is 3.64. The Balaban J connectivity index is 0.00000149. The van der Waals surface area contributed by atoms with Gasteiger partial charge in [-0.25, -0.2) is 4.79 Å². The zero-order valence-corrected chi connectivity index (χ0v) is 46.7. The number of imidazole rings is 1. The average molecular weight is 993 g/mol. The first-order valence-corrected chi connectivity index (χ1v) is 26.9. The van der Waals surface area contributed by atoms with Crippen molar-refractivity contribution in [2.24, 2.45) is 45.5 Å². The second-order valence-corrected chi connectivity index (χ2v) is 19.9. The van der Waals surface area contributed by atoms with E-state index >= 15 is 0 Å². The van der Waals surface area contributed by atoms with E-state index in [-0.39, 0.29) is 17.6 Å². The summed E-state index contributed by atoms with van der Waals surface area (Å²) in [5.74, 6) is 1.81. The van der Waals surface area contributed by atoms with Crippen LogP contribution in [-0.4, -0.2) is 83.1 Å². The fraction of sp³-hybridized carbons (Fsp3) is 0.426. The number of aryl methyl sites for hydroxylation is 1. The SMILES string of the molecule is C=CC(CCC(=C)C)n1c(=O)n(C)c2cc(-c3ccc(N4CCN(CC5=CCC(C(=C/C=C(\C)C(\C=C(SC)/C(C)=N\C=C(/C)C(N)=O)=NC)/C(C)=N\C=C/C)C=C5)CC4)cc3)ccc21.CC.C[C@@H]1C[C@@H]1C. The van der Waals surface area contributed by atoms with Crippen LogP contribution >= 0.6 is 11.8 Å². The molecule has 2 aliphatic carbocycles. The minimum absolute atomic E-state index is 0.0281. The Labute approximate surface area is 436 Å². The van der Waals surface area contributed by atoms with Gasteiger partial charge < -0.3 is 10.6 Å². The van der Waals surface area contributed by atoms with Crippen LogP contribution in [-0.2, 0) is 11.8 Å². The minimum atomic E-state index is -0.488. The lowest BCUT2D eigenvalue weighted by Crippen LogP contribution is -2.46. The smallest absolute Gasteiger partial charge is 0.329 e. The number of carbonyl (C=O) groups excluding carboxylic acids is 1. The quantitative estimate of drug-likeness (QED) is 0.0556. The molecule has 2 fully saturated rings. The largest absolute Gasteiger partial charge is 0.369 e. The number of aromatic nitrogens is 2. The van der Waals surface area contributed by atoms with Gasteiger partial charge in [0.15, 0.2) is 0 Å². The highest BCUT2D eigenvalue weighted by Crippen LogP contribution is 2.36. The molecule has 1 saturated heterocycles. The summed E-state index contributed by atoms with van der Waals surface area (Å²) in [6.45, 7) is 33.2. The van der Waals surface area contributed by atoms with E-state index in [0.717, 1.165) is 119 Å². The molecule has 0 spiro atoms. The number of thioether (sulfide) groups is 1. The van der Waals surface area contributed by atoms with Crippen LogP contribution in [0.1, 0.15) is 101 Å². The predicted molar refractivity (Wildman–Crippen MR) is 315 cm³/mol. The summed E-state index contributed by atoms with van der Waals surface area (Å²) in [6, 6.07) is 15.1. The molecule has 0 bridgehead atoms. The van der Waals surface area contributed by atoms with E-state index in [2.05, 4.69) is 133 Å². The summed E-state index contributed by atoms with van der Waals surface area (Å²) >= 11 is 1.58. The molecule has 386 valence electrons. The number of primary amides is 1. The first-order chi connectivity index (χ1) is 34.5. The third-order valence-electron chi connectivity index (χ3n) is 13.7. The van der Waals surface area contributed by atoms with Gasteiger partial charge in [-0.1, -0.05) is 94.0 Å². The van der Waals surface area contributed by atoms with E-state index in [0.29, 0.717) is 5.57 Å². The summed E-state index contributed by atoms with van der Waals surface area (Å²) < 4.78 is 3.61. The maximum atomic E-state index is 13.4. The monoisotopic (exact) mass is 993 g/mol. The molecule has 11 heteroatoms. The number of rotatable bonds is 19. The number of carbonyl (C=O) groups is 1. The Bertz CT molecular complexity index is 2740. The standard InChI is InChI=1S/C54H68N8O2S.C5H10.C2H6/c1-12-28-57-40(7)48(26-15-38(5)49(56-9)34-52(65-11)41(8)58-35-39(6)53(55)63)44-18-16-42(17-19-44)36-60-29-31-61(32-30-60)47-24-20-43(21-25-47)45-22-27-50-51(33-45)59(10)54(64)62(50)46(13-2)23-14-37(3)4;1-4-3-5(4)2;1-2/h12-13,15-18,20-22,24-28,33-35,44,46H,2-3,14,19,23,29-32,36H2,1,4-11H3,(H2,55,63);4-5H,3H2,1-2H3;1-2H3/b28-12-,38-15+,39-35+,48-26+,52-34+,56-49?,57-40-,58-41-;;/t;4-,5+;. The number of anilines is 1. The molecule has 0 radical (unpaired) electrons. The Morgan fingerprint density at radius 3 is 2.11 bits per heavy atom. The maximum absolute atomic E-state index is 13.4. The molecule has 72 heavy (non-hydrogen) atoms. The van der Waals surface area contributed by atoms with Crippen LogP contribution in [0.2, 0.25) is 0 Å². The second-order valence-electron chi connectivity index (χ2n) is 19.1. The van der Waals surface area contributed by atoms with Crippen LogP contribution in [0.25, 0.3) is 22.2 Å². The van der Waals surface area contributed by atoms with Crippen molar-refractivity contribution in [1.29, 1.82) is 0 Å². The highest BCUT2D eigenvalue weighted by atomic mass is 32.2. The van der Waals surface area contributed by atoms with Gasteiger partial charge in [-0.15, -0.1) is 24.9 Å². The molecule has 1 saturated carbocycles. The first-order valence-electron chi connectivity index (χ1n) is 25.7. The molecule has 10 nitrogen and oxygen atoms in total. The number of benzene rings is 2. The number of nitrogens with zero attached hydrogens (tertiary/aromatic N) is 7. The lowest BCUT2D eigenvalue weighted by atomic mass is 9.87. The number of nitrogens with two attached hydrogens (primary N) is 1. The van der Waals surface area contributed by atoms with Crippen molar-refractivity contribution in [1.82, 2.24) is 14.0 Å². The number of amides is 1. The zero-order chi connectivity index (χ0) is 53.1. The first kappa shape index (κ1) is 58.5. The van der Waals surface area contributed by atoms with Crippen LogP contribution in [0, 0.1) is 17.8 Å². The molecule has 1 amide bonds. The lowest BCUT2D eigenvalue weighted by molar-refractivity contribution is -0.114. The highest BCUT2D eigenvalue weighted by Gasteiger charge is 2.26. The van der Waals surface area contributed by atoms with Gasteiger partial charge in [-0.3, -0.25) is 33.8 Å². The van der Waals surface area contributed by atoms with Crippen molar-refractivity contribution < 1.29 is 4.79 Å². The summed E-state index contributed by atoms with van der Waals surface area (Å²) in [5.41, 5.74) is 18.3. The topological polar surface area (TPSA) is 114 Å². The second kappa shape index (κ2) is 28.9. The van der Waals surface area contributed by atoms with Gasteiger partial charge in [-0.05, 0) is 144 Å². The number of hydrogen-bond donors (Lipinski definition) is 1. The predicted octanol–water partition coefficient (Wildman–Crippen LogP) is 13.4. The summed E-state index contributed by atoms with van der Waals surface area (Å²) in [4.78, 5) is 44.6. The normalized spacial score (nSPS) is 19.9. The van der Waals surface area contributed by atoms with Crippen molar-refractivity contribution >= 4 is 51.5 Å². The van der Waals surface area contributed by atoms with Gasteiger partial charge in [0.2, 0.25) is 5.91 Å². The third-order valence-corrected chi connectivity index (χ3v) is 14.5. The molecule has 2 N–H and O–H groups in total. The van der Waals surface area contributed by atoms with Crippen LogP contribution < -0.4 is 16.3 Å². The fourth-order valence-electron chi connectivity index (χ4n) is 8.60. The Morgan fingerprint density at radius 1 is 0.917 bits per heavy atom. The highest BCUT2D eigenvalue weighted by molar-refractivity contribution is 8.03. The van der Waals surface area contributed by atoms with E-state index in [4.69, 9.17) is 10.7 Å². The Morgan fingerprint density at radius 2 is 1.57 bits per heavy atom. The van der Waals surface area contributed by atoms with Crippen molar-refractivity contribution in [3.63, 3.8) is 0 Å². The van der Waals surface area contributed by atoms with Crippen molar-refractivity contribution in [3.05, 3.63) is 160 Å². The van der Waals surface area contributed by atoms with Crippen LogP contribution in [0.3, 0.4) is 0 Å². The molecule has 3 aromatic rings. The Kier molecular flexibility index (Phi) is 23.5. The molecule has 2 heterocycles. The molecule has 1 aliphatic heterocycles. The minimum Gasteiger partial charge on any atom is -0.369 e. The van der Waals surface area contributed by atoms with E-state index in [1.165, 1.54) is 29.5 Å². The summed E-state index contributed by atoms with van der Waals surface area (Å²) in [6.07, 6.45) is 26.5. The fourth-order valence-corrected chi connectivity index (χ4v) is 9.18. The van der Waals surface area contributed by atoms with Crippen molar-refractivity contribution in [3.8, 4) is 11.1 Å². The van der Waals surface area contributed by atoms with Crippen molar-refractivity contribution in [2.75, 3.05) is 50.9 Å². The third kappa shape index (κ3) is 16.5. The van der Waals surface area contributed by atoms with Crippen LogP contribution in [0.4, 0.5) is 5.69 Å². The van der Waals surface area contributed by atoms with E-state index in [9.17, 15) is 9.59 Å². The Hall–Kier alpha value is -6.04. The molecule has 6 rings (SSSR count). The van der Waals surface area contributed by atoms with Crippen LogP contribution in [0.5, 0.6) is 0 Å². The summed E-state index contributed by atoms with van der Waals surface area (Å²) in [5, 5.41) is 0. The number of allylic oxidation sites excluding steroid dienone is 11. The van der Waals surface area contributed by atoms with Crippen molar-refractivity contribution in [2.45, 2.75) is 101 Å². The molecule has 1 aromatic heterocycles. The van der Waals surface area contributed by atoms with Gasteiger partial charge in [-0.2, -0.15) is 0 Å². The average Bonchev–Trinajstić information content (AvgIpc) is 3.99. The van der Waals surface area contributed by atoms with Crippen LogP contribution in [0.15, 0.2) is 169 Å². The maximum Gasteiger partial charge on any atom is 0.329 e. The number of piperazine rings is 1. The number of fused-ring (bicyclic) bond motifs is 1. The van der Waals surface area contributed by atoms with E-state index in [1.807, 2.05) is 76.9 Å². The zero-order valence-electron chi connectivity index (χ0n) is 45.8. The lowest BCUT2D eigenvalue weighted by Gasteiger charge is -2.36. The number of aliphatic imine (C=N–C) groups is 3. The van der Waals surface area contributed by atoms with E-state index in [1.54, 1.807) is 30.3 Å². The molecule has 2 unspecified atom stereocenters.